The van der Waals surface area contributed by atoms with E-state index in [4.69, 9.17) is 0 Å². The maximum atomic E-state index is 13.2. The fraction of sp³-hybridized carbons (Fsp3) is 0.550. The summed E-state index contributed by atoms with van der Waals surface area (Å²) in [5.74, 6) is -0.740. The van der Waals surface area contributed by atoms with Gasteiger partial charge < -0.3 is 10.2 Å². The van der Waals surface area contributed by atoms with Crippen LogP contribution in [-0.2, 0) is 11.0 Å². The van der Waals surface area contributed by atoms with E-state index in [1.807, 2.05) is 4.90 Å². The third-order valence-corrected chi connectivity index (χ3v) is 5.51. The second-order valence-corrected chi connectivity index (χ2v) is 7.75. The molecule has 1 aromatic rings. The Hall–Kier alpha value is -2.60. The Balaban J connectivity index is 1.55. The monoisotopic (exact) mass is 408 g/mol. The van der Waals surface area contributed by atoms with E-state index in [-0.39, 0.29) is 37.0 Å². The minimum absolute atomic E-state index is 0.0885. The first kappa shape index (κ1) is 21.1. The quantitative estimate of drug-likeness (QED) is 0.811. The van der Waals surface area contributed by atoms with Gasteiger partial charge >= 0.3 is 6.18 Å². The summed E-state index contributed by atoms with van der Waals surface area (Å²) in [5, 5.41) is 12.1. The molecule has 9 heteroatoms. The lowest BCUT2D eigenvalue weighted by molar-refractivity contribution is -0.138. The van der Waals surface area contributed by atoms with Crippen molar-refractivity contribution in [1.29, 1.82) is 5.26 Å². The molecule has 156 valence electrons. The van der Waals surface area contributed by atoms with Gasteiger partial charge in [0.1, 0.15) is 5.54 Å². The summed E-state index contributed by atoms with van der Waals surface area (Å²) < 4.78 is 39.5. The lowest BCUT2D eigenvalue weighted by Crippen LogP contribution is -2.54. The van der Waals surface area contributed by atoms with Crippen molar-refractivity contribution in [3.8, 4) is 6.07 Å². The van der Waals surface area contributed by atoms with Gasteiger partial charge in [0, 0.05) is 26.2 Å². The zero-order valence-electron chi connectivity index (χ0n) is 16.1. The molecule has 3 rings (SSSR count). The molecule has 1 atom stereocenters. The Bertz CT molecular complexity index is 824. The van der Waals surface area contributed by atoms with Gasteiger partial charge in [0.05, 0.1) is 23.7 Å². The zero-order valence-corrected chi connectivity index (χ0v) is 16.1. The Labute approximate surface area is 167 Å². The van der Waals surface area contributed by atoms with Crippen LogP contribution >= 0.6 is 0 Å². The predicted octanol–water partition coefficient (Wildman–Crippen LogP) is 2.27. The van der Waals surface area contributed by atoms with Crippen molar-refractivity contribution in [3.05, 3.63) is 35.4 Å². The number of halogens is 3. The lowest BCUT2D eigenvalue weighted by Gasteiger charge is -2.35. The van der Waals surface area contributed by atoms with E-state index in [1.54, 1.807) is 6.92 Å². The van der Waals surface area contributed by atoms with Gasteiger partial charge in [-0.05, 0) is 37.8 Å². The van der Waals surface area contributed by atoms with E-state index in [1.165, 1.54) is 23.1 Å². The van der Waals surface area contributed by atoms with Crippen molar-refractivity contribution >= 4 is 11.8 Å². The fourth-order valence-corrected chi connectivity index (χ4v) is 3.61. The largest absolute Gasteiger partial charge is 0.417 e. The van der Waals surface area contributed by atoms with Crippen molar-refractivity contribution in [2.24, 2.45) is 5.92 Å². The minimum atomic E-state index is -4.60. The van der Waals surface area contributed by atoms with Gasteiger partial charge in [-0.15, -0.1) is 0 Å². The number of alkyl halides is 3. The molecule has 1 aliphatic heterocycles. The summed E-state index contributed by atoms with van der Waals surface area (Å²) in [6.07, 6.45) is -2.75. The maximum absolute atomic E-state index is 13.2. The first-order chi connectivity index (χ1) is 13.6. The summed E-state index contributed by atoms with van der Waals surface area (Å²) in [7, 11) is 0. The summed E-state index contributed by atoms with van der Waals surface area (Å²) in [5.41, 5.74) is -2.17. The SMILES string of the molecule is C[C@@](C#N)(NC(=O)CN1CCN(C(=O)c2ccccc2C(F)(F)F)CC1)C1CC1. The highest BCUT2D eigenvalue weighted by molar-refractivity contribution is 5.96. The van der Waals surface area contributed by atoms with Crippen LogP contribution in [-0.4, -0.2) is 59.9 Å². The summed E-state index contributed by atoms with van der Waals surface area (Å²) in [6.45, 7) is 3.02. The third kappa shape index (κ3) is 4.88. The topological polar surface area (TPSA) is 76.4 Å². The molecule has 2 amide bonds. The van der Waals surface area contributed by atoms with Crippen LogP contribution < -0.4 is 5.32 Å². The van der Waals surface area contributed by atoms with E-state index in [2.05, 4.69) is 11.4 Å². The van der Waals surface area contributed by atoms with Crippen molar-refractivity contribution in [2.45, 2.75) is 31.5 Å². The molecule has 0 bridgehead atoms. The molecule has 1 heterocycles. The predicted molar refractivity (Wildman–Crippen MR) is 98.7 cm³/mol. The molecule has 2 aliphatic rings. The number of benzene rings is 1. The number of nitriles is 1. The average molecular weight is 408 g/mol. The fourth-order valence-electron chi connectivity index (χ4n) is 3.61. The van der Waals surface area contributed by atoms with Crippen LogP contribution in [0.3, 0.4) is 0 Å². The van der Waals surface area contributed by atoms with Crippen LogP contribution in [0.25, 0.3) is 0 Å². The van der Waals surface area contributed by atoms with Crippen LogP contribution in [0.1, 0.15) is 35.7 Å². The second-order valence-electron chi connectivity index (χ2n) is 7.75. The highest BCUT2D eigenvalue weighted by Crippen LogP contribution is 2.39. The second kappa shape index (κ2) is 8.03. The van der Waals surface area contributed by atoms with E-state index in [9.17, 15) is 28.0 Å². The van der Waals surface area contributed by atoms with Crippen molar-refractivity contribution in [2.75, 3.05) is 32.7 Å². The number of nitrogens with zero attached hydrogens (tertiary/aromatic N) is 3. The van der Waals surface area contributed by atoms with Gasteiger partial charge in [-0.2, -0.15) is 18.4 Å². The molecule has 1 aliphatic carbocycles. The van der Waals surface area contributed by atoms with Crippen LogP contribution in [0.5, 0.6) is 0 Å². The minimum Gasteiger partial charge on any atom is -0.337 e. The van der Waals surface area contributed by atoms with Crippen molar-refractivity contribution in [3.63, 3.8) is 0 Å². The van der Waals surface area contributed by atoms with Crippen LogP contribution in [0, 0.1) is 17.2 Å². The molecule has 1 N–H and O–H groups in total. The standard InChI is InChI=1S/C20H23F3N4O2/c1-19(13-24,14-6-7-14)25-17(28)12-26-8-10-27(11-9-26)18(29)15-4-2-3-5-16(15)20(21,22)23/h2-5,14H,6-12H2,1H3,(H,25,28)/t19-/m0/s1. The van der Waals surface area contributed by atoms with E-state index >= 15 is 0 Å². The van der Waals surface area contributed by atoms with Gasteiger partial charge in [-0.1, -0.05) is 12.1 Å². The summed E-state index contributed by atoms with van der Waals surface area (Å²) >= 11 is 0. The highest BCUT2D eigenvalue weighted by atomic mass is 19.4. The molecular weight excluding hydrogens is 385 g/mol. The molecule has 1 saturated heterocycles. The molecule has 2 fully saturated rings. The number of carbonyl (C=O) groups is 2. The van der Waals surface area contributed by atoms with Crippen LogP contribution in [0.2, 0.25) is 0 Å². The number of carbonyl (C=O) groups excluding carboxylic acids is 2. The Morgan fingerprint density at radius 1 is 1.17 bits per heavy atom. The molecule has 0 aromatic heterocycles. The third-order valence-electron chi connectivity index (χ3n) is 5.51. The van der Waals surface area contributed by atoms with Crippen molar-refractivity contribution in [1.82, 2.24) is 15.1 Å². The first-order valence-corrected chi connectivity index (χ1v) is 9.54. The summed E-state index contributed by atoms with van der Waals surface area (Å²) in [6, 6.07) is 6.93. The molecule has 0 spiro atoms. The molecule has 1 saturated carbocycles. The smallest absolute Gasteiger partial charge is 0.337 e. The first-order valence-electron chi connectivity index (χ1n) is 9.54. The molecule has 29 heavy (non-hydrogen) atoms. The number of hydrogen-bond acceptors (Lipinski definition) is 4. The van der Waals surface area contributed by atoms with E-state index < -0.39 is 23.2 Å². The van der Waals surface area contributed by atoms with Gasteiger partial charge in [0.15, 0.2) is 0 Å². The van der Waals surface area contributed by atoms with Gasteiger partial charge in [0.25, 0.3) is 5.91 Å². The Kier molecular flexibility index (Phi) is 5.85. The number of amides is 2. The molecule has 6 nitrogen and oxygen atoms in total. The Morgan fingerprint density at radius 3 is 2.34 bits per heavy atom. The van der Waals surface area contributed by atoms with E-state index in [0.717, 1.165) is 18.9 Å². The lowest BCUT2D eigenvalue weighted by atomic mass is 9.98. The highest BCUT2D eigenvalue weighted by Gasteiger charge is 2.43. The maximum Gasteiger partial charge on any atom is 0.417 e. The van der Waals surface area contributed by atoms with Crippen molar-refractivity contribution < 1.29 is 22.8 Å². The number of hydrogen-bond donors (Lipinski definition) is 1. The number of nitrogens with one attached hydrogen (secondary N) is 1. The molecule has 1 aromatic carbocycles. The summed E-state index contributed by atoms with van der Waals surface area (Å²) in [4.78, 5) is 28.1. The number of piperazine rings is 1. The van der Waals surface area contributed by atoms with Gasteiger partial charge in [-0.3, -0.25) is 14.5 Å². The normalized spacial score (nSPS) is 19.9. The van der Waals surface area contributed by atoms with Gasteiger partial charge in [-0.25, -0.2) is 0 Å². The average Bonchev–Trinajstić information content (AvgIpc) is 3.53. The zero-order chi connectivity index (χ0) is 21.2. The molecule has 0 unspecified atom stereocenters. The molecular formula is C20H23F3N4O2. The Morgan fingerprint density at radius 2 is 1.79 bits per heavy atom. The number of rotatable bonds is 5. The van der Waals surface area contributed by atoms with Gasteiger partial charge in [0.2, 0.25) is 5.91 Å². The van der Waals surface area contributed by atoms with Crippen LogP contribution in [0.4, 0.5) is 13.2 Å². The molecule has 0 radical (unpaired) electrons. The van der Waals surface area contributed by atoms with Crippen LogP contribution in [0.15, 0.2) is 24.3 Å². The van der Waals surface area contributed by atoms with E-state index in [0.29, 0.717) is 13.1 Å².